The number of hydrogen-bond donors (Lipinski definition) is 1. The summed E-state index contributed by atoms with van der Waals surface area (Å²) >= 11 is 0. The smallest absolute Gasteiger partial charge is 0.388 e. The molecule has 2 rings (SSSR count). The Morgan fingerprint density at radius 3 is 2.25 bits per heavy atom. The van der Waals surface area contributed by atoms with E-state index in [1.807, 2.05) is 0 Å². The van der Waals surface area contributed by atoms with Crippen molar-refractivity contribution in [1.29, 1.82) is 0 Å². The van der Waals surface area contributed by atoms with E-state index in [2.05, 4.69) is 11.9 Å². The van der Waals surface area contributed by atoms with Gasteiger partial charge < -0.3 is 5.11 Å². The van der Waals surface area contributed by atoms with Gasteiger partial charge in [0.2, 0.25) is 0 Å². The predicted octanol–water partition coefficient (Wildman–Crippen LogP) is 5.77. The molecule has 0 bridgehead atoms. The van der Waals surface area contributed by atoms with E-state index < -0.39 is 17.8 Å². The Balaban J connectivity index is 2.01. The molecule has 130 valence electrons. The standard InChI is InChI=1S/C19H22F3NO/c1-2-3-4-5-6-18(24)15-9-12-17(23-13-15)14-7-10-16(11-8-14)19(20,21)22/h7-13,18,24H,2-6H2,1H3/t18-/m1/s1. The van der Waals surface area contributed by atoms with Gasteiger partial charge in [0.05, 0.1) is 17.4 Å². The van der Waals surface area contributed by atoms with Crippen LogP contribution in [0.25, 0.3) is 11.3 Å². The summed E-state index contributed by atoms with van der Waals surface area (Å²) in [5.41, 5.74) is 1.27. The molecule has 0 radical (unpaired) electrons. The van der Waals surface area contributed by atoms with Crippen molar-refractivity contribution in [2.75, 3.05) is 0 Å². The summed E-state index contributed by atoms with van der Waals surface area (Å²) in [6, 6.07) is 8.43. The lowest BCUT2D eigenvalue weighted by Crippen LogP contribution is -2.04. The minimum Gasteiger partial charge on any atom is -0.388 e. The molecule has 0 spiro atoms. The maximum atomic E-state index is 12.6. The molecule has 1 aromatic carbocycles. The van der Waals surface area contributed by atoms with E-state index in [1.165, 1.54) is 12.1 Å². The zero-order chi connectivity index (χ0) is 17.6. The number of benzene rings is 1. The van der Waals surface area contributed by atoms with Crippen LogP contribution in [0, 0.1) is 0 Å². The van der Waals surface area contributed by atoms with Crippen LogP contribution < -0.4 is 0 Å². The molecule has 1 heterocycles. The Morgan fingerprint density at radius 1 is 1.00 bits per heavy atom. The number of nitrogens with zero attached hydrogens (tertiary/aromatic N) is 1. The van der Waals surface area contributed by atoms with Crippen LogP contribution in [0.15, 0.2) is 42.6 Å². The third-order valence-electron chi connectivity index (χ3n) is 4.01. The lowest BCUT2D eigenvalue weighted by Gasteiger charge is -2.11. The second-order valence-corrected chi connectivity index (χ2v) is 5.92. The van der Waals surface area contributed by atoms with Crippen molar-refractivity contribution in [3.63, 3.8) is 0 Å². The molecule has 1 aromatic heterocycles. The van der Waals surface area contributed by atoms with Gasteiger partial charge in [0.15, 0.2) is 0 Å². The fourth-order valence-corrected chi connectivity index (χ4v) is 2.53. The number of aromatic nitrogens is 1. The summed E-state index contributed by atoms with van der Waals surface area (Å²) < 4.78 is 37.7. The maximum Gasteiger partial charge on any atom is 0.416 e. The van der Waals surface area contributed by atoms with E-state index in [4.69, 9.17) is 0 Å². The molecule has 0 unspecified atom stereocenters. The Morgan fingerprint density at radius 2 is 1.71 bits per heavy atom. The lowest BCUT2D eigenvalue weighted by atomic mass is 10.0. The number of alkyl halides is 3. The zero-order valence-corrected chi connectivity index (χ0v) is 13.7. The number of halogens is 3. The van der Waals surface area contributed by atoms with E-state index >= 15 is 0 Å². The molecule has 0 amide bonds. The predicted molar refractivity (Wildman–Crippen MR) is 88.4 cm³/mol. The van der Waals surface area contributed by atoms with Gasteiger partial charge in [0.25, 0.3) is 0 Å². The van der Waals surface area contributed by atoms with Crippen LogP contribution in [-0.4, -0.2) is 10.1 Å². The summed E-state index contributed by atoms with van der Waals surface area (Å²) in [6.07, 6.45) is 1.80. The van der Waals surface area contributed by atoms with Gasteiger partial charge in [0, 0.05) is 11.8 Å². The van der Waals surface area contributed by atoms with Gasteiger partial charge in [-0.2, -0.15) is 13.2 Å². The fraction of sp³-hybridized carbons (Fsp3) is 0.421. The third kappa shape index (κ3) is 5.06. The molecule has 0 aliphatic heterocycles. The Kier molecular flexibility index (Phi) is 6.37. The quantitative estimate of drug-likeness (QED) is 0.651. The highest BCUT2D eigenvalue weighted by Crippen LogP contribution is 2.30. The molecule has 0 saturated carbocycles. The number of unbranched alkanes of at least 4 members (excludes halogenated alkanes) is 3. The first-order valence-corrected chi connectivity index (χ1v) is 8.23. The fourth-order valence-electron chi connectivity index (χ4n) is 2.53. The van der Waals surface area contributed by atoms with E-state index in [-0.39, 0.29) is 0 Å². The number of aliphatic hydroxyl groups excluding tert-OH is 1. The molecule has 2 nitrogen and oxygen atoms in total. The van der Waals surface area contributed by atoms with Crippen LogP contribution in [0.5, 0.6) is 0 Å². The molecule has 5 heteroatoms. The van der Waals surface area contributed by atoms with E-state index in [0.717, 1.165) is 43.4 Å². The first-order valence-electron chi connectivity index (χ1n) is 8.23. The third-order valence-corrected chi connectivity index (χ3v) is 4.01. The van der Waals surface area contributed by atoms with Crippen molar-refractivity contribution in [3.8, 4) is 11.3 Å². The van der Waals surface area contributed by atoms with Gasteiger partial charge in [-0.05, 0) is 30.2 Å². The Bertz CT molecular complexity index is 621. The van der Waals surface area contributed by atoms with E-state index in [1.54, 1.807) is 18.3 Å². The van der Waals surface area contributed by atoms with Crippen LogP contribution in [0.3, 0.4) is 0 Å². The number of aliphatic hydroxyl groups is 1. The van der Waals surface area contributed by atoms with Crippen LogP contribution in [-0.2, 0) is 6.18 Å². The lowest BCUT2D eigenvalue weighted by molar-refractivity contribution is -0.137. The highest BCUT2D eigenvalue weighted by Gasteiger charge is 2.29. The van der Waals surface area contributed by atoms with E-state index in [9.17, 15) is 18.3 Å². The van der Waals surface area contributed by atoms with Crippen molar-refractivity contribution >= 4 is 0 Å². The molecular formula is C19H22F3NO. The second kappa shape index (κ2) is 8.29. The van der Waals surface area contributed by atoms with Crippen LogP contribution in [0.4, 0.5) is 13.2 Å². The largest absolute Gasteiger partial charge is 0.416 e. The summed E-state index contributed by atoms with van der Waals surface area (Å²) in [5.74, 6) is 0. The average Bonchev–Trinajstić information content (AvgIpc) is 2.58. The number of hydrogen-bond acceptors (Lipinski definition) is 2. The van der Waals surface area contributed by atoms with Crippen LogP contribution in [0.2, 0.25) is 0 Å². The van der Waals surface area contributed by atoms with Crippen molar-refractivity contribution in [2.45, 2.75) is 51.3 Å². The SMILES string of the molecule is CCCCCC[C@@H](O)c1ccc(-c2ccc(C(F)(F)F)cc2)nc1. The Labute approximate surface area is 140 Å². The molecule has 0 aliphatic rings. The summed E-state index contributed by atoms with van der Waals surface area (Å²) in [7, 11) is 0. The maximum absolute atomic E-state index is 12.6. The first kappa shape index (κ1) is 18.5. The highest BCUT2D eigenvalue weighted by atomic mass is 19.4. The van der Waals surface area contributed by atoms with Gasteiger partial charge in [0.1, 0.15) is 0 Å². The van der Waals surface area contributed by atoms with Crippen LogP contribution >= 0.6 is 0 Å². The minimum absolute atomic E-state index is 0.545. The van der Waals surface area contributed by atoms with Gasteiger partial charge >= 0.3 is 6.18 Å². The molecule has 2 aromatic rings. The molecule has 1 atom stereocenters. The topological polar surface area (TPSA) is 33.1 Å². The molecule has 0 aliphatic carbocycles. The van der Waals surface area contributed by atoms with Gasteiger partial charge in [-0.15, -0.1) is 0 Å². The van der Waals surface area contributed by atoms with Gasteiger partial charge in [-0.3, -0.25) is 4.98 Å². The molecular weight excluding hydrogens is 315 g/mol. The number of rotatable bonds is 7. The normalized spacial score (nSPS) is 13.0. The van der Waals surface area contributed by atoms with Gasteiger partial charge in [-0.25, -0.2) is 0 Å². The zero-order valence-electron chi connectivity index (χ0n) is 13.7. The van der Waals surface area contributed by atoms with Crippen molar-refractivity contribution in [1.82, 2.24) is 4.98 Å². The van der Waals surface area contributed by atoms with Crippen molar-refractivity contribution in [2.24, 2.45) is 0 Å². The van der Waals surface area contributed by atoms with Crippen LogP contribution in [0.1, 0.15) is 56.3 Å². The molecule has 0 fully saturated rings. The average molecular weight is 337 g/mol. The number of pyridine rings is 1. The van der Waals surface area contributed by atoms with Crippen molar-refractivity contribution in [3.05, 3.63) is 53.7 Å². The second-order valence-electron chi connectivity index (χ2n) is 5.92. The minimum atomic E-state index is -4.34. The summed E-state index contributed by atoms with van der Waals surface area (Å²) in [5, 5.41) is 10.1. The summed E-state index contributed by atoms with van der Waals surface area (Å²) in [4.78, 5) is 4.27. The molecule has 1 N–H and O–H groups in total. The van der Waals surface area contributed by atoms with Crippen molar-refractivity contribution < 1.29 is 18.3 Å². The van der Waals surface area contributed by atoms with Gasteiger partial charge in [-0.1, -0.05) is 50.8 Å². The Hall–Kier alpha value is -1.88. The molecule has 0 saturated heterocycles. The van der Waals surface area contributed by atoms with E-state index in [0.29, 0.717) is 17.7 Å². The monoisotopic (exact) mass is 337 g/mol. The first-order chi connectivity index (χ1) is 11.4. The molecule has 24 heavy (non-hydrogen) atoms. The highest BCUT2D eigenvalue weighted by molar-refractivity contribution is 5.59. The summed E-state index contributed by atoms with van der Waals surface area (Å²) in [6.45, 7) is 2.14.